The summed E-state index contributed by atoms with van der Waals surface area (Å²) in [5.74, 6) is 4.42. The zero-order valence-electron chi connectivity index (χ0n) is 8.90. The first kappa shape index (κ1) is 8.45. The standard InChI is InChI=1S/C11H16N2O/c1-6-7-4-8(7)9(6)11(2,3)10-12-5-14-13-10/h5-9H,4H2,1-3H3. The van der Waals surface area contributed by atoms with Crippen molar-refractivity contribution in [2.45, 2.75) is 32.6 Å². The van der Waals surface area contributed by atoms with Gasteiger partial charge in [0.25, 0.3) is 0 Å². The highest BCUT2D eigenvalue weighted by molar-refractivity contribution is 5.18. The van der Waals surface area contributed by atoms with E-state index in [2.05, 4.69) is 30.9 Å². The van der Waals surface area contributed by atoms with E-state index >= 15 is 0 Å². The van der Waals surface area contributed by atoms with Crippen LogP contribution in [-0.4, -0.2) is 10.1 Å². The Balaban J connectivity index is 1.89. The fraction of sp³-hybridized carbons (Fsp3) is 0.818. The van der Waals surface area contributed by atoms with Crippen molar-refractivity contribution >= 4 is 0 Å². The van der Waals surface area contributed by atoms with Crippen molar-refractivity contribution < 1.29 is 4.52 Å². The molecule has 0 N–H and O–H groups in total. The topological polar surface area (TPSA) is 38.9 Å². The Morgan fingerprint density at radius 1 is 1.43 bits per heavy atom. The van der Waals surface area contributed by atoms with Gasteiger partial charge < -0.3 is 4.52 Å². The Morgan fingerprint density at radius 3 is 2.71 bits per heavy atom. The molecule has 0 spiro atoms. The second kappa shape index (κ2) is 2.38. The molecule has 1 heterocycles. The van der Waals surface area contributed by atoms with Crippen LogP contribution in [0.15, 0.2) is 10.9 Å². The van der Waals surface area contributed by atoms with Crippen LogP contribution < -0.4 is 0 Å². The van der Waals surface area contributed by atoms with Crippen LogP contribution in [0.5, 0.6) is 0 Å². The minimum absolute atomic E-state index is 0.0874. The van der Waals surface area contributed by atoms with Crippen LogP contribution in [0.1, 0.15) is 33.0 Å². The SMILES string of the molecule is CC1C2CC2C1C(C)(C)c1ncon1. The van der Waals surface area contributed by atoms with Crippen LogP contribution in [0, 0.1) is 23.7 Å². The first-order valence-electron chi connectivity index (χ1n) is 5.39. The number of hydrogen-bond donors (Lipinski definition) is 0. The Labute approximate surface area is 83.9 Å². The quantitative estimate of drug-likeness (QED) is 0.721. The average molecular weight is 192 g/mol. The third-order valence-electron chi connectivity index (χ3n) is 4.37. The lowest BCUT2D eigenvalue weighted by Crippen LogP contribution is -2.42. The van der Waals surface area contributed by atoms with Gasteiger partial charge in [-0.3, -0.25) is 0 Å². The molecular formula is C11H16N2O. The maximum Gasteiger partial charge on any atom is 0.213 e. The summed E-state index contributed by atoms with van der Waals surface area (Å²) in [7, 11) is 0. The van der Waals surface area contributed by atoms with Gasteiger partial charge in [0.1, 0.15) is 0 Å². The Morgan fingerprint density at radius 2 is 2.21 bits per heavy atom. The molecule has 2 aliphatic rings. The molecule has 0 saturated heterocycles. The molecule has 0 aromatic carbocycles. The second-order valence-corrected chi connectivity index (χ2v) is 5.42. The number of nitrogens with zero attached hydrogens (tertiary/aromatic N) is 2. The summed E-state index contributed by atoms with van der Waals surface area (Å²) in [6.07, 6.45) is 2.86. The molecular weight excluding hydrogens is 176 g/mol. The van der Waals surface area contributed by atoms with Crippen LogP contribution in [0.25, 0.3) is 0 Å². The van der Waals surface area contributed by atoms with Crippen LogP contribution in [0.4, 0.5) is 0 Å². The van der Waals surface area contributed by atoms with Crippen molar-refractivity contribution in [1.29, 1.82) is 0 Å². The summed E-state index contributed by atoms with van der Waals surface area (Å²) in [6.45, 7) is 6.85. The van der Waals surface area contributed by atoms with E-state index in [4.69, 9.17) is 4.52 Å². The lowest BCUT2D eigenvalue weighted by atomic mass is 9.61. The molecule has 0 aliphatic heterocycles. The molecule has 3 nitrogen and oxygen atoms in total. The van der Waals surface area contributed by atoms with Crippen molar-refractivity contribution in [1.82, 2.24) is 10.1 Å². The van der Waals surface area contributed by atoms with Gasteiger partial charge in [0, 0.05) is 5.41 Å². The van der Waals surface area contributed by atoms with E-state index in [0.29, 0.717) is 0 Å². The molecule has 4 atom stereocenters. The van der Waals surface area contributed by atoms with Crippen molar-refractivity contribution in [3.05, 3.63) is 12.2 Å². The third kappa shape index (κ3) is 0.877. The molecule has 1 aromatic rings. The molecule has 1 aromatic heterocycles. The van der Waals surface area contributed by atoms with Gasteiger partial charge in [0.15, 0.2) is 5.82 Å². The molecule has 14 heavy (non-hydrogen) atoms. The predicted octanol–water partition coefficient (Wildman–Crippen LogP) is 2.25. The molecule has 3 heteroatoms. The van der Waals surface area contributed by atoms with Crippen molar-refractivity contribution in [2.24, 2.45) is 23.7 Å². The molecule has 76 valence electrons. The molecule has 2 aliphatic carbocycles. The van der Waals surface area contributed by atoms with E-state index in [1.807, 2.05) is 0 Å². The fourth-order valence-corrected chi connectivity index (χ4v) is 3.56. The summed E-state index contributed by atoms with van der Waals surface area (Å²) in [5.41, 5.74) is 0.0874. The van der Waals surface area contributed by atoms with Crippen molar-refractivity contribution in [3.8, 4) is 0 Å². The Hall–Kier alpha value is -0.860. The summed E-state index contributed by atoms with van der Waals surface area (Å²) in [4.78, 5) is 4.20. The zero-order chi connectivity index (χ0) is 9.92. The highest BCUT2D eigenvalue weighted by Gasteiger charge is 2.64. The number of aromatic nitrogens is 2. The van der Waals surface area contributed by atoms with E-state index in [1.54, 1.807) is 0 Å². The normalized spacial score (nSPS) is 40.2. The van der Waals surface area contributed by atoms with Gasteiger partial charge in [-0.1, -0.05) is 25.9 Å². The van der Waals surface area contributed by atoms with Gasteiger partial charge in [-0.2, -0.15) is 4.98 Å². The maximum atomic E-state index is 4.84. The zero-order valence-corrected chi connectivity index (χ0v) is 8.90. The largest absolute Gasteiger partial charge is 0.343 e. The summed E-state index contributed by atoms with van der Waals surface area (Å²) in [5, 5.41) is 3.99. The second-order valence-electron chi connectivity index (χ2n) is 5.42. The smallest absolute Gasteiger partial charge is 0.213 e. The average Bonchev–Trinajstić information content (AvgIpc) is 2.64. The van der Waals surface area contributed by atoms with E-state index in [1.165, 1.54) is 12.8 Å². The lowest BCUT2D eigenvalue weighted by Gasteiger charge is -2.43. The predicted molar refractivity (Wildman–Crippen MR) is 51.6 cm³/mol. The molecule has 0 radical (unpaired) electrons. The number of rotatable bonds is 2. The van der Waals surface area contributed by atoms with Gasteiger partial charge in [-0.15, -0.1) is 0 Å². The first-order chi connectivity index (χ1) is 6.62. The van der Waals surface area contributed by atoms with Crippen LogP contribution in [0.3, 0.4) is 0 Å². The Kier molecular flexibility index (Phi) is 1.44. The third-order valence-corrected chi connectivity index (χ3v) is 4.37. The summed E-state index contributed by atoms with van der Waals surface area (Å²) in [6, 6.07) is 0. The summed E-state index contributed by atoms with van der Waals surface area (Å²) < 4.78 is 4.84. The highest BCUT2D eigenvalue weighted by atomic mass is 16.5. The minimum Gasteiger partial charge on any atom is -0.343 e. The van der Waals surface area contributed by atoms with E-state index < -0.39 is 0 Å². The minimum atomic E-state index is 0.0874. The monoisotopic (exact) mass is 192 g/mol. The Bertz CT molecular complexity index is 344. The number of hydrogen-bond acceptors (Lipinski definition) is 3. The van der Waals surface area contributed by atoms with Crippen molar-refractivity contribution in [2.75, 3.05) is 0 Å². The molecule has 4 unspecified atom stereocenters. The molecule has 0 amide bonds. The highest BCUT2D eigenvalue weighted by Crippen LogP contribution is 2.68. The molecule has 0 bridgehead atoms. The van der Waals surface area contributed by atoms with Crippen LogP contribution >= 0.6 is 0 Å². The molecule has 2 saturated carbocycles. The van der Waals surface area contributed by atoms with Gasteiger partial charge in [0.2, 0.25) is 6.39 Å². The van der Waals surface area contributed by atoms with Crippen LogP contribution in [0.2, 0.25) is 0 Å². The van der Waals surface area contributed by atoms with Gasteiger partial charge >= 0.3 is 0 Å². The van der Waals surface area contributed by atoms with Gasteiger partial charge in [-0.25, -0.2) is 0 Å². The van der Waals surface area contributed by atoms with Gasteiger partial charge in [0.05, 0.1) is 0 Å². The van der Waals surface area contributed by atoms with E-state index in [9.17, 15) is 0 Å². The van der Waals surface area contributed by atoms with E-state index in [0.717, 1.165) is 29.5 Å². The number of fused-ring (bicyclic) bond motifs is 1. The first-order valence-corrected chi connectivity index (χ1v) is 5.39. The fourth-order valence-electron chi connectivity index (χ4n) is 3.56. The van der Waals surface area contributed by atoms with E-state index in [-0.39, 0.29) is 5.41 Å². The summed E-state index contributed by atoms with van der Waals surface area (Å²) >= 11 is 0. The van der Waals surface area contributed by atoms with Gasteiger partial charge in [-0.05, 0) is 30.1 Å². The lowest BCUT2D eigenvalue weighted by molar-refractivity contribution is 0.0849. The van der Waals surface area contributed by atoms with Crippen molar-refractivity contribution in [3.63, 3.8) is 0 Å². The maximum absolute atomic E-state index is 4.84. The van der Waals surface area contributed by atoms with Crippen LogP contribution in [-0.2, 0) is 5.41 Å². The molecule has 2 fully saturated rings. The molecule has 3 rings (SSSR count).